The van der Waals surface area contributed by atoms with Gasteiger partial charge in [-0.05, 0) is 29.8 Å². The van der Waals surface area contributed by atoms with Gasteiger partial charge >= 0.3 is 0 Å². The summed E-state index contributed by atoms with van der Waals surface area (Å²) < 4.78 is 0. The van der Waals surface area contributed by atoms with Crippen molar-refractivity contribution in [1.82, 2.24) is 4.98 Å². The Balaban J connectivity index is 2.51. The Labute approximate surface area is 115 Å². The second-order valence-corrected chi connectivity index (χ2v) is 4.57. The fourth-order valence-electron chi connectivity index (χ4n) is 1.88. The molecule has 0 spiro atoms. The van der Waals surface area contributed by atoms with Crippen LogP contribution < -0.4 is 5.11 Å². The van der Waals surface area contributed by atoms with Crippen molar-refractivity contribution in [3.05, 3.63) is 64.9 Å². The van der Waals surface area contributed by atoms with Crippen molar-refractivity contribution in [3.63, 3.8) is 0 Å². The molecule has 0 aliphatic rings. The van der Waals surface area contributed by atoms with Gasteiger partial charge in [0.1, 0.15) is 5.60 Å². The maximum Gasteiger partial charge on any atom is 0.137 e. The highest BCUT2D eigenvalue weighted by Crippen LogP contribution is 2.32. The van der Waals surface area contributed by atoms with Gasteiger partial charge < -0.3 is 15.0 Å². The molecule has 1 N–H and O–H groups in total. The van der Waals surface area contributed by atoms with Gasteiger partial charge in [0, 0.05) is 23.6 Å². The molecule has 1 aromatic heterocycles. The highest BCUT2D eigenvalue weighted by molar-refractivity contribution is 6.30. The van der Waals surface area contributed by atoms with Gasteiger partial charge in [-0.25, -0.2) is 0 Å². The van der Waals surface area contributed by atoms with E-state index in [0.29, 0.717) is 10.6 Å². The molecule has 0 fully saturated rings. The van der Waals surface area contributed by atoms with Gasteiger partial charge in [0.05, 0.1) is 5.69 Å². The van der Waals surface area contributed by atoms with Gasteiger partial charge in [0.2, 0.25) is 0 Å². The van der Waals surface area contributed by atoms with Crippen LogP contribution in [-0.4, -0.2) is 16.1 Å². The third kappa shape index (κ3) is 2.92. The highest BCUT2D eigenvalue weighted by Gasteiger charge is 2.33. The number of benzene rings is 1. The summed E-state index contributed by atoms with van der Waals surface area (Å²) in [7, 11) is 0. The number of carbonyl (C=O) groups excluding carboxylic acids is 1. The number of pyridine rings is 1. The van der Waals surface area contributed by atoms with Crippen LogP contribution in [0.2, 0.25) is 5.02 Å². The van der Waals surface area contributed by atoms with E-state index < -0.39 is 18.0 Å². The quantitative estimate of drug-likeness (QED) is 0.908. The van der Waals surface area contributed by atoms with Crippen LogP contribution in [-0.2, 0) is 10.4 Å². The molecule has 0 bridgehead atoms. The van der Waals surface area contributed by atoms with E-state index in [1.807, 2.05) is 0 Å². The minimum absolute atomic E-state index is 0.251. The zero-order valence-electron chi connectivity index (χ0n) is 9.91. The van der Waals surface area contributed by atoms with E-state index in [2.05, 4.69) is 4.98 Å². The molecule has 1 unspecified atom stereocenters. The second-order valence-electron chi connectivity index (χ2n) is 4.13. The van der Waals surface area contributed by atoms with E-state index in [0.717, 1.165) is 0 Å². The van der Waals surface area contributed by atoms with Crippen molar-refractivity contribution in [1.29, 1.82) is 0 Å². The maximum atomic E-state index is 10.9. The van der Waals surface area contributed by atoms with Gasteiger partial charge in [-0.1, -0.05) is 29.8 Å². The normalized spacial score (nSPS) is 13.8. The first kappa shape index (κ1) is 13.5. The first-order valence-electron chi connectivity index (χ1n) is 5.62. The number of hydrogen-bond acceptors (Lipinski definition) is 4. The van der Waals surface area contributed by atoms with Crippen LogP contribution in [0.15, 0.2) is 48.7 Å². The Hall–Kier alpha value is -1.91. The monoisotopic (exact) mass is 276 g/mol. The van der Waals surface area contributed by atoms with Crippen molar-refractivity contribution in [2.75, 3.05) is 0 Å². The number of aliphatic carboxylic acids is 1. The van der Waals surface area contributed by atoms with Crippen LogP contribution in [0.3, 0.4) is 0 Å². The first-order valence-corrected chi connectivity index (χ1v) is 6.00. The van der Waals surface area contributed by atoms with E-state index in [9.17, 15) is 15.0 Å². The first-order chi connectivity index (χ1) is 9.02. The molecule has 0 saturated carbocycles. The molecule has 1 aromatic carbocycles. The largest absolute Gasteiger partial charge is 0.550 e. The van der Waals surface area contributed by atoms with Crippen LogP contribution in [0.1, 0.15) is 17.7 Å². The fraction of sp³-hybridized carbons (Fsp3) is 0.143. The Morgan fingerprint density at radius 1 is 1.26 bits per heavy atom. The van der Waals surface area contributed by atoms with Crippen molar-refractivity contribution < 1.29 is 15.0 Å². The van der Waals surface area contributed by atoms with Crippen LogP contribution in [0, 0.1) is 0 Å². The smallest absolute Gasteiger partial charge is 0.137 e. The third-order valence-electron chi connectivity index (χ3n) is 2.81. The molecule has 2 rings (SSSR count). The van der Waals surface area contributed by atoms with Crippen LogP contribution in [0.5, 0.6) is 0 Å². The average molecular weight is 277 g/mol. The summed E-state index contributed by atoms with van der Waals surface area (Å²) in [4.78, 5) is 14.9. The topological polar surface area (TPSA) is 73.2 Å². The molecular weight excluding hydrogens is 266 g/mol. The summed E-state index contributed by atoms with van der Waals surface area (Å²) in [6.07, 6.45) is 0.914. The molecule has 1 atom stereocenters. The van der Waals surface area contributed by atoms with Gasteiger partial charge in [0.15, 0.2) is 0 Å². The second kappa shape index (κ2) is 5.38. The molecule has 5 heteroatoms. The molecule has 1 heterocycles. The SMILES string of the molecule is O=C([O-])CC(O)(c1ccc(Cl)cc1)c1ccccn1. The maximum absolute atomic E-state index is 10.9. The molecule has 98 valence electrons. The number of halogens is 1. The number of hydrogen-bond donors (Lipinski definition) is 1. The molecule has 0 radical (unpaired) electrons. The predicted molar refractivity (Wildman–Crippen MR) is 68.3 cm³/mol. The molecule has 0 aliphatic heterocycles. The van der Waals surface area contributed by atoms with Crippen LogP contribution >= 0.6 is 11.6 Å². The molecule has 19 heavy (non-hydrogen) atoms. The lowest BCUT2D eigenvalue weighted by atomic mass is 9.87. The van der Waals surface area contributed by atoms with Crippen LogP contribution in [0.4, 0.5) is 0 Å². The zero-order chi connectivity index (χ0) is 13.9. The van der Waals surface area contributed by atoms with Gasteiger partial charge in [-0.15, -0.1) is 0 Å². The van der Waals surface area contributed by atoms with Crippen molar-refractivity contribution in [3.8, 4) is 0 Å². The lowest BCUT2D eigenvalue weighted by molar-refractivity contribution is -0.309. The van der Waals surface area contributed by atoms with Gasteiger partial charge in [-0.3, -0.25) is 4.98 Å². The summed E-state index contributed by atoms with van der Waals surface area (Å²) in [5.74, 6) is -1.36. The summed E-state index contributed by atoms with van der Waals surface area (Å²) in [6.45, 7) is 0. The lowest BCUT2D eigenvalue weighted by Crippen LogP contribution is -2.37. The number of rotatable bonds is 4. The van der Waals surface area contributed by atoms with Crippen molar-refractivity contribution in [2.24, 2.45) is 0 Å². The number of carboxylic acids is 1. The Bertz CT molecular complexity index is 571. The van der Waals surface area contributed by atoms with E-state index in [1.54, 1.807) is 42.5 Å². The summed E-state index contributed by atoms with van der Waals surface area (Å²) in [5.41, 5.74) is -1.08. The standard InChI is InChI=1S/C14H12ClNO3/c15-11-6-4-10(5-7-11)14(19,9-13(17)18)12-3-1-2-8-16-12/h1-8,19H,9H2,(H,17,18)/p-1. The summed E-state index contributed by atoms with van der Waals surface area (Å²) in [6, 6.07) is 11.2. The van der Waals surface area contributed by atoms with E-state index in [1.165, 1.54) is 6.20 Å². The molecule has 0 amide bonds. The number of nitrogens with zero attached hydrogens (tertiary/aromatic N) is 1. The molecule has 0 saturated heterocycles. The minimum Gasteiger partial charge on any atom is -0.550 e. The predicted octanol–water partition coefficient (Wildman–Crippen LogP) is 1.11. The summed E-state index contributed by atoms with van der Waals surface area (Å²) in [5, 5.41) is 22.1. The number of carbonyl (C=O) groups is 1. The molecule has 0 aliphatic carbocycles. The van der Waals surface area contributed by atoms with Crippen molar-refractivity contribution in [2.45, 2.75) is 12.0 Å². The number of aromatic nitrogens is 1. The third-order valence-corrected chi connectivity index (χ3v) is 3.06. The van der Waals surface area contributed by atoms with Crippen molar-refractivity contribution >= 4 is 17.6 Å². The summed E-state index contributed by atoms with van der Waals surface area (Å²) >= 11 is 5.79. The van der Waals surface area contributed by atoms with Gasteiger partial charge in [-0.2, -0.15) is 0 Å². The fourth-order valence-corrected chi connectivity index (χ4v) is 2.01. The van der Waals surface area contributed by atoms with Crippen LogP contribution in [0.25, 0.3) is 0 Å². The Morgan fingerprint density at radius 2 is 1.95 bits per heavy atom. The van der Waals surface area contributed by atoms with E-state index in [-0.39, 0.29) is 5.69 Å². The van der Waals surface area contributed by atoms with E-state index in [4.69, 9.17) is 11.6 Å². The Kier molecular flexibility index (Phi) is 3.83. The highest BCUT2D eigenvalue weighted by atomic mass is 35.5. The Morgan fingerprint density at radius 3 is 2.47 bits per heavy atom. The minimum atomic E-state index is -1.73. The van der Waals surface area contributed by atoms with Gasteiger partial charge in [0.25, 0.3) is 0 Å². The number of aliphatic hydroxyl groups is 1. The molecular formula is C14H11ClNO3-. The average Bonchev–Trinajstić information content (AvgIpc) is 2.39. The molecule has 2 aromatic rings. The van der Waals surface area contributed by atoms with E-state index >= 15 is 0 Å². The number of carboxylic acid groups (broad SMARTS) is 1. The zero-order valence-corrected chi connectivity index (χ0v) is 10.7. The molecule has 4 nitrogen and oxygen atoms in total. The lowest BCUT2D eigenvalue weighted by Gasteiger charge is -2.28.